The van der Waals surface area contributed by atoms with Gasteiger partial charge in [0.1, 0.15) is 5.75 Å². The van der Waals surface area contributed by atoms with Gasteiger partial charge in [-0.3, -0.25) is 15.3 Å². The van der Waals surface area contributed by atoms with Gasteiger partial charge in [0.15, 0.2) is 6.10 Å². The summed E-state index contributed by atoms with van der Waals surface area (Å²) in [5.41, 5.74) is 12.4. The van der Waals surface area contributed by atoms with Gasteiger partial charge in [0.25, 0.3) is 0 Å². The number of H-pyrrole nitrogens is 3. The van der Waals surface area contributed by atoms with Crippen molar-refractivity contribution in [2.75, 3.05) is 0 Å². The number of fused-ring (bicyclic) bond motifs is 1. The lowest BCUT2D eigenvalue weighted by Crippen LogP contribution is -2.19. The number of aromatic nitrogens is 6. The highest BCUT2D eigenvalue weighted by atomic mass is 16.5. The smallest absolute Gasteiger partial charge is 0.480 e. The molecule has 0 amide bonds. The van der Waals surface area contributed by atoms with E-state index >= 15 is 0 Å². The Morgan fingerprint density at radius 2 is 1.26 bits per heavy atom. The fourth-order valence-corrected chi connectivity index (χ4v) is 4.78. The summed E-state index contributed by atoms with van der Waals surface area (Å²) in [6.07, 6.45) is -0.327. The Morgan fingerprint density at radius 3 is 1.77 bits per heavy atom. The third-order valence-corrected chi connectivity index (χ3v) is 6.16. The molecule has 5 rings (SSSR count). The van der Waals surface area contributed by atoms with Crippen molar-refractivity contribution in [3.8, 4) is 5.75 Å². The van der Waals surface area contributed by atoms with Crippen LogP contribution in [0.5, 0.6) is 5.75 Å². The van der Waals surface area contributed by atoms with Crippen LogP contribution < -0.4 is 4.74 Å². The van der Waals surface area contributed by atoms with Crippen LogP contribution in [0.4, 0.5) is 0 Å². The van der Waals surface area contributed by atoms with Crippen LogP contribution in [-0.2, 0) is 0 Å². The van der Waals surface area contributed by atoms with Crippen molar-refractivity contribution in [2.24, 2.45) is 0 Å². The second kappa shape index (κ2) is 9.53. The monoisotopic (exact) mass is 476 g/mol. The van der Waals surface area contributed by atoms with Gasteiger partial charge in [-0.15, -0.1) is 0 Å². The molecule has 1 aliphatic rings. The van der Waals surface area contributed by atoms with Crippen molar-refractivity contribution in [1.29, 1.82) is 0 Å². The van der Waals surface area contributed by atoms with Gasteiger partial charge in [-0.25, -0.2) is 0 Å². The molecule has 0 saturated heterocycles. The number of nitrogens with one attached hydrogen (secondary N) is 3. The predicted molar refractivity (Wildman–Crippen MR) is 132 cm³/mol. The highest BCUT2D eigenvalue weighted by Gasteiger charge is 2.37. The zero-order chi connectivity index (χ0) is 25.4. The third kappa shape index (κ3) is 4.41. The SMILES string of the molecule is Cc1n[nH]c(C)c1C1=C(c2c(C)n[nH]c2C)C(c2c(C)n[nH]c2C)Oc2ccccc21.OB(O)O. The van der Waals surface area contributed by atoms with Crippen molar-refractivity contribution >= 4 is 18.5 Å². The maximum Gasteiger partial charge on any atom is 0.631 e. The van der Waals surface area contributed by atoms with Gasteiger partial charge in [-0.2, -0.15) is 15.3 Å². The summed E-state index contributed by atoms with van der Waals surface area (Å²) in [5.74, 6) is 0.852. The van der Waals surface area contributed by atoms with Gasteiger partial charge >= 0.3 is 7.32 Å². The zero-order valence-electron chi connectivity index (χ0n) is 20.6. The Balaban J connectivity index is 0.000000672. The van der Waals surface area contributed by atoms with Crippen LogP contribution in [0.1, 0.15) is 62.5 Å². The van der Waals surface area contributed by atoms with E-state index in [9.17, 15) is 0 Å². The van der Waals surface area contributed by atoms with Crippen LogP contribution in [0, 0.1) is 41.5 Å². The Labute approximate surface area is 203 Å². The van der Waals surface area contributed by atoms with Gasteiger partial charge in [0, 0.05) is 50.5 Å². The molecule has 10 nitrogen and oxygen atoms in total. The van der Waals surface area contributed by atoms with E-state index in [2.05, 4.69) is 50.5 Å². The first-order chi connectivity index (χ1) is 16.6. The number of hydrogen-bond acceptors (Lipinski definition) is 7. The van der Waals surface area contributed by atoms with Crippen LogP contribution in [0.3, 0.4) is 0 Å². The molecule has 3 aromatic heterocycles. The molecule has 0 bridgehead atoms. The molecular formula is C24H29BN6O4. The molecule has 0 aliphatic carbocycles. The minimum Gasteiger partial charge on any atom is -0.480 e. The van der Waals surface area contributed by atoms with E-state index < -0.39 is 7.32 Å². The number of aromatic amines is 3. The molecule has 1 atom stereocenters. The van der Waals surface area contributed by atoms with Crippen LogP contribution in [0.15, 0.2) is 24.3 Å². The van der Waals surface area contributed by atoms with E-state index in [4.69, 9.17) is 19.8 Å². The lowest BCUT2D eigenvalue weighted by Gasteiger charge is -2.32. The number of aryl methyl sites for hydroxylation is 6. The summed E-state index contributed by atoms with van der Waals surface area (Å²) in [4.78, 5) is 0. The molecule has 11 heteroatoms. The minimum absolute atomic E-state index is 0.327. The summed E-state index contributed by atoms with van der Waals surface area (Å²) in [6.45, 7) is 12.3. The Kier molecular flexibility index (Phi) is 6.66. The molecule has 0 saturated carbocycles. The minimum atomic E-state index is -2.17. The van der Waals surface area contributed by atoms with E-state index in [0.717, 1.165) is 73.3 Å². The second-order valence-electron chi connectivity index (χ2n) is 8.59. The summed E-state index contributed by atoms with van der Waals surface area (Å²) in [6, 6.07) is 8.21. The van der Waals surface area contributed by atoms with Gasteiger partial charge in [-0.05, 0) is 47.6 Å². The molecule has 182 valence electrons. The lowest BCUT2D eigenvalue weighted by atomic mass is 9.80. The van der Waals surface area contributed by atoms with Crippen LogP contribution >= 0.6 is 0 Å². The number of rotatable bonds is 3. The number of ether oxygens (including phenoxy) is 1. The molecule has 4 heterocycles. The highest BCUT2D eigenvalue weighted by Crippen LogP contribution is 2.51. The standard InChI is InChI=1S/C24H26N6O.BH3O3/c1-11-19(12(2)26-25-11)22-17-9-7-8-10-18(17)31-24(21-15(5)29-30-16(21)6)23(22)20-13(3)27-28-14(20)4;2-1(3)4/h7-10,24H,1-6H3,(H,25,26)(H,27,28)(H,29,30);2-4H. The molecule has 1 aliphatic heterocycles. The van der Waals surface area contributed by atoms with Crippen molar-refractivity contribution in [3.05, 3.63) is 80.7 Å². The van der Waals surface area contributed by atoms with E-state index in [1.807, 2.05) is 45.9 Å². The highest BCUT2D eigenvalue weighted by molar-refractivity contribution is 6.30. The van der Waals surface area contributed by atoms with Gasteiger partial charge in [-0.1, -0.05) is 18.2 Å². The van der Waals surface area contributed by atoms with Crippen molar-refractivity contribution in [2.45, 2.75) is 47.6 Å². The van der Waals surface area contributed by atoms with Gasteiger partial charge in [0.05, 0.1) is 17.1 Å². The van der Waals surface area contributed by atoms with Crippen LogP contribution in [-0.4, -0.2) is 53.0 Å². The third-order valence-electron chi connectivity index (χ3n) is 6.16. The maximum atomic E-state index is 7.17. The number of para-hydroxylation sites is 1. The molecule has 0 fully saturated rings. The normalized spacial score (nSPS) is 14.8. The Morgan fingerprint density at radius 1 is 0.743 bits per heavy atom. The van der Waals surface area contributed by atoms with Crippen molar-refractivity contribution in [1.82, 2.24) is 30.6 Å². The summed E-state index contributed by atoms with van der Waals surface area (Å²) >= 11 is 0. The second-order valence-corrected chi connectivity index (χ2v) is 8.59. The Hall–Kier alpha value is -3.67. The quantitative estimate of drug-likeness (QED) is 0.248. The van der Waals surface area contributed by atoms with Gasteiger partial charge < -0.3 is 19.8 Å². The first-order valence-electron chi connectivity index (χ1n) is 11.2. The van der Waals surface area contributed by atoms with Crippen molar-refractivity contribution in [3.63, 3.8) is 0 Å². The maximum absolute atomic E-state index is 7.17. The van der Waals surface area contributed by atoms with Crippen LogP contribution in [0.25, 0.3) is 11.1 Å². The molecule has 35 heavy (non-hydrogen) atoms. The van der Waals surface area contributed by atoms with Crippen molar-refractivity contribution < 1.29 is 19.8 Å². The average Bonchev–Trinajstić information content (AvgIpc) is 3.43. The summed E-state index contributed by atoms with van der Waals surface area (Å²) in [7, 11) is -2.17. The Bertz CT molecular complexity index is 1340. The molecule has 6 N–H and O–H groups in total. The van der Waals surface area contributed by atoms with Gasteiger partial charge in [0.2, 0.25) is 0 Å². The fraction of sp³-hybridized carbons (Fsp3) is 0.292. The average molecular weight is 476 g/mol. The molecular weight excluding hydrogens is 447 g/mol. The summed E-state index contributed by atoms with van der Waals surface area (Å²) in [5, 5.41) is 44.4. The number of hydrogen-bond donors (Lipinski definition) is 6. The van der Waals surface area contributed by atoms with E-state index in [0.29, 0.717) is 0 Å². The number of nitrogens with zero attached hydrogens (tertiary/aromatic N) is 3. The topological polar surface area (TPSA) is 156 Å². The van der Waals surface area contributed by atoms with E-state index in [-0.39, 0.29) is 6.10 Å². The molecule has 0 spiro atoms. The summed E-state index contributed by atoms with van der Waals surface area (Å²) < 4.78 is 6.70. The molecule has 4 aromatic rings. The first-order valence-corrected chi connectivity index (χ1v) is 11.2. The number of benzene rings is 1. The fourth-order valence-electron chi connectivity index (χ4n) is 4.78. The molecule has 1 aromatic carbocycles. The lowest BCUT2D eigenvalue weighted by molar-refractivity contribution is 0.258. The molecule has 0 radical (unpaired) electrons. The molecule has 1 unspecified atom stereocenters. The largest absolute Gasteiger partial charge is 0.631 e. The first kappa shape index (κ1) is 24.5. The predicted octanol–water partition coefficient (Wildman–Crippen LogP) is 2.75. The van der Waals surface area contributed by atoms with Crippen LogP contribution in [0.2, 0.25) is 0 Å². The van der Waals surface area contributed by atoms with E-state index in [1.165, 1.54) is 0 Å². The van der Waals surface area contributed by atoms with E-state index in [1.54, 1.807) is 0 Å². The zero-order valence-corrected chi connectivity index (χ0v) is 20.6.